The molecule has 0 bridgehead atoms. The Morgan fingerprint density at radius 1 is 1.16 bits per heavy atom. The maximum atomic E-state index is 10.6. The summed E-state index contributed by atoms with van der Waals surface area (Å²) in [5, 5.41) is 19.3. The smallest absolute Gasteiger partial charge is 0.341 e. The third kappa shape index (κ3) is 4.72. The second-order valence-corrected chi connectivity index (χ2v) is 7.03. The van der Waals surface area contributed by atoms with E-state index in [2.05, 4.69) is 0 Å². The summed E-state index contributed by atoms with van der Waals surface area (Å²) in [6, 6.07) is 6.78. The van der Waals surface area contributed by atoms with Crippen molar-refractivity contribution in [2.45, 2.75) is 26.2 Å². The lowest BCUT2D eigenvalue weighted by molar-refractivity contribution is -0.139. The van der Waals surface area contributed by atoms with Crippen LogP contribution in [0.25, 0.3) is 0 Å². The number of aliphatic carboxylic acids is 1. The Balaban J connectivity index is 2.36. The molecule has 0 unspecified atom stereocenters. The van der Waals surface area contributed by atoms with Gasteiger partial charge in [-0.2, -0.15) is 0 Å². The highest BCUT2D eigenvalue weighted by Crippen LogP contribution is 2.40. The Morgan fingerprint density at radius 3 is 2.44 bits per heavy atom. The van der Waals surface area contributed by atoms with Crippen LogP contribution in [-0.2, 0) is 11.2 Å². The zero-order valence-corrected chi connectivity index (χ0v) is 15.9. The van der Waals surface area contributed by atoms with Crippen LogP contribution in [-0.4, -0.2) is 22.8 Å². The van der Waals surface area contributed by atoms with Crippen LogP contribution in [0.15, 0.2) is 24.3 Å². The molecule has 0 amide bonds. The van der Waals surface area contributed by atoms with Crippen molar-refractivity contribution in [1.29, 1.82) is 0 Å². The Hall–Kier alpha value is -1.62. The van der Waals surface area contributed by atoms with Gasteiger partial charge in [0.05, 0.1) is 5.02 Å². The molecule has 0 radical (unpaired) electrons. The van der Waals surface area contributed by atoms with Gasteiger partial charge in [-0.05, 0) is 28.7 Å². The second kappa shape index (κ2) is 8.17. The molecule has 0 spiro atoms. The highest BCUT2D eigenvalue weighted by atomic mass is 35.5. The summed E-state index contributed by atoms with van der Waals surface area (Å²) in [5.41, 5.74) is 2.36. The van der Waals surface area contributed by atoms with Crippen molar-refractivity contribution in [2.24, 2.45) is 0 Å². The minimum absolute atomic E-state index is 0.116. The van der Waals surface area contributed by atoms with Crippen LogP contribution >= 0.6 is 34.8 Å². The van der Waals surface area contributed by atoms with Gasteiger partial charge in [-0.1, -0.05) is 60.8 Å². The molecule has 2 rings (SSSR count). The summed E-state index contributed by atoms with van der Waals surface area (Å²) in [4.78, 5) is 10.6. The van der Waals surface area contributed by atoms with Gasteiger partial charge < -0.3 is 14.9 Å². The molecule has 0 aliphatic heterocycles. The maximum absolute atomic E-state index is 10.6. The first kappa shape index (κ1) is 19.7. The maximum Gasteiger partial charge on any atom is 0.341 e. The van der Waals surface area contributed by atoms with Crippen LogP contribution in [0, 0.1) is 0 Å². The number of rotatable bonds is 6. The number of aromatic hydroxyl groups is 1. The fraction of sp³-hybridized carbons (Fsp3) is 0.278. The zero-order valence-electron chi connectivity index (χ0n) is 13.6. The van der Waals surface area contributed by atoms with E-state index in [4.69, 9.17) is 44.6 Å². The summed E-state index contributed by atoms with van der Waals surface area (Å²) in [5.74, 6) is -0.596. The summed E-state index contributed by atoms with van der Waals surface area (Å²) in [7, 11) is 0. The van der Waals surface area contributed by atoms with E-state index in [0.717, 1.165) is 11.1 Å². The number of ether oxygens (including phenoxy) is 1. The number of carboxylic acid groups (broad SMARTS) is 1. The van der Waals surface area contributed by atoms with E-state index in [1.165, 1.54) is 6.07 Å². The molecule has 0 fully saturated rings. The first-order valence-electron chi connectivity index (χ1n) is 7.53. The molecule has 2 aromatic rings. The fourth-order valence-corrected chi connectivity index (χ4v) is 3.19. The van der Waals surface area contributed by atoms with Gasteiger partial charge >= 0.3 is 5.97 Å². The molecule has 2 aromatic carbocycles. The number of hydrogen-bond acceptors (Lipinski definition) is 3. The highest BCUT2D eigenvalue weighted by Gasteiger charge is 2.17. The molecule has 7 heteroatoms. The minimum atomic E-state index is -1.13. The number of phenols is 1. The number of benzene rings is 2. The van der Waals surface area contributed by atoms with Gasteiger partial charge in [0, 0.05) is 17.5 Å². The Kier molecular flexibility index (Phi) is 6.44. The SMILES string of the molecule is CC(C)c1cc(Cc2c(Cl)cc(OCC(=O)O)c(Cl)c2Cl)ccc1O. The van der Waals surface area contributed by atoms with Crippen LogP contribution in [0.3, 0.4) is 0 Å². The van der Waals surface area contributed by atoms with Crippen molar-refractivity contribution >= 4 is 40.8 Å². The molecule has 0 aromatic heterocycles. The van der Waals surface area contributed by atoms with E-state index in [0.29, 0.717) is 17.0 Å². The standard InChI is InChI=1S/C18H17Cl3O4/c1-9(2)11-5-10(3-4-14(11)22)6-12-13(19)7-15(18(21)17(12)20)25-8-16(23)24/h3-5,7,9,22H,6,8H2,1-2H3,(H,23,24). The molecule has 0 atom stereocenters. The number of carbonyl (C=O) groups is 1. The van der Waals surface area contributed by atoms with Crippen molar-refractivity contribution in [3.63, 3.8) is 0 Å². The van der Waals surface area contributed by atoms with Crippen LogP contribution in [0.1, 0.15) is 36.5 Å². The summed E-state index contributed by atoms with van der Waals surface area (Å²) >= 11 is 18.8. The van der Waals surface area contributed by atoms with Gasteiger partial charge in [-0.3, -0.25) is 0 Å². The molecule has 134 valence electrons. The minimum Gasteiger partial charge on any atom is -0.508 e. The topological polar surface area (TPSA) is 66.8 Å². The largest absolute Gasteiger partial charge is 0.508 e. The van der Waals surface area contributed by atoms with Crippen molar-refractivity contribution in [3.05, 3.63) is 56.0 Å². The van der Waals surface area contributed by atoms with E-state index in [9.17, 15) is 9.90 Å². The first-order chi connectivity index (χ1) is 11.7. The molecule has 25 heavy (non-hydrogen) atoms. The molecular weight excluding hydrogens is 387 g/mol. The molecule has 0 aliphatic rings. The van der Waals surface area contributed by atoms with E-state index in [1.807, 2.05) is 19.9 Å². The zero-order chi connectivity index (χ0) is 18.7. The third-order valence-corrected chi connectivity index (χ3v) is 4.89. The van der Waals surface area contributed by atoms with Gasteiger partial charge in [0.25, 0.3) is 0 Å². The van der Waals surface area contributed by atoms with Gasteiger partial charge in [0.1, 0.15) is 16.5 Å². The van der Waals surface area contributed by atoms with Crippen LogP contribution in [0.5, 0.6) is 11.5 Å². The van der Waals surface area contributed by atoms with Gasteiger partial charge in [0.15, 0.2) is 6.61 Å². The number of phenolic OH excluding ortho intramolecular Hbond substituents is 1. The van der Waals surface area contributed by atoms with E-state index >= 15 is 0 Å². The number of carboxylic acids is 1. The summed E-state index contributed by atoms with van der Waals surface area (Å²) in [6.45, 7) is 3.44. The van der Waals surface area contributed by atoms with Crippen molar-refractivity contribution in [1.82, 2.24) is 0 Å². The first-order valence-corrected chi connectivity index (χ1v) is 8.66. The lowest BCUT2D eigenvalue weighted by Crippen LogP contribution is -2.10. The van der Waals surface area contributed by atoms with Crippen molar-refractivity contribution in [2.75, 3.05) is 6.61 Å². The van der Waals surface area contributed by atoms with E-state index in [-0.39, 0.29) is 27.5 Å². The Labute approximate surface area is 160 Å². The Bertz CT molecular complexity index is 803. The quantitative estimate of drug-likeness (QED) is 0.622. The molecule has 4 nitrogen and oxygen atoms in total. The van der Waals surface area contributed by atoms with E-state index in [1.54, 1.807) is 12.1 Å². The number of halogens is 3. The molecule has 2 N–H and O–H groups in total. The van der Waals surface area contributed by atoms with Crippen molar-refractivity contribution in [3.8, 4) is 11.5 Å². The Morgan fingerprint density at radius 2 is 1.84 bits per heavy atom. The lowest BCUT2D eigenvalue weighted by atomic mass is 9.96. The average molecular weight is 404 g/mol. The molecular formula is C18H17Cl3O4. The average Bonchev–Trinajstić information content (AvgIpc) is 2.54. The van der Waals surface area contributed by atoms with Crippen molar-refractivity contribution < 1.29 is 19.7 Å². The highest BCUT2D eigenvalue weighted by molar-refractivity contribution is 6.45. The molecule has 0 saturated carbocycles. The lowest BCUT2D eigenvalue weighted by Gasteiger charge is -2.15. The summed E-state index contributed by atoms with van der Waals surface area (Å²) in [6.07, 6.45) is 0.413. The van der Waals surface area contributed by atoms with Crippen LogP contribution < -0.4 is 4.74 Å². The van der Waals surface area contributed by atoms with Gasteiger partial charge in [-0.25, -0.2) is 4.79 Å². The summed E-state index contributed by atoms with van der Waals surface area (Å²) < 4.78 is 5.10. The van der Waals surface area contributed by atoms with Crippen LogP contribution in [0.4, 0.5) is 0 Å². The molecule has 0 heterocycles. The molecule has 0 aliphatic carbocycles. The normalized spacial score (nSPS) is 11.0. The fourth-order valence-electron chi connectivity index (χ4n) is 2.40. The monoisotopic (exact) mass is 402 g/mol. The molecule has 0 saturated heterocycles. The third-order valence-electron chi connectivity index (χ3n) is 3.67. The van der Waals surface area contributed by atoms with Crippen LogP contribution in [0.2, 0.25) is 15.1 Å². The van der Waals surface area contributed by atoms with E-state index < -0.39 is 12.6 Å². The van der Waals surface area contributed by atoms with Gasteiger partial charge in [0.2, 0.25) is 0 Å². The predicted octanol–water partition coefficient (Wildman–Crippen LogP) is 5.53. The number of hydrogen-bond donors (Lipinski definition) is 2. The predicted molar refractivity (Wildman–Crippen MR) is 99.6 cm³/mol. The second-order valence-electron chi connectivity index (χ2n) is 5.87. The van der Waals surface area contributed by atoms with Gasteiger partial charge in [-0.15, -0.1) is 0 Å².